The molecule has 0 aliphatic carbocycles. The zero-order valence-corrected chi connectivity index (χ0v) is 16.3. The number of rotatable bonds is 6. The molecule has 0 radical (unpaired) electrons. The fourth-order valence-corrected chi connectivity index (χ4v) is 3.94. The summed E-state index contributed by atoms with van der Waals surface area (Å²) < 4.78 is 43.8. The van der Waals surface area contributed by atoms with Gasteiger partial charge in [-0.25, -0.2) is 13.2 Å². The molecule has 1 aromatic heterocycles. The summed E-state index contributed by atoms with van der Waals surface area (Å²) in [5.41, 5.74) is 2.17. The number of likely N-dealkylation sites (N-methyl/N-ethyl adjacent to an activating group) is 1. The number of aliphatic hydroxyl groups is 1. The van der Waals surface area contributed by atoms with Crippen LogP contribution in [0.4, 0.5) is 13.2 Å². The molecule has 30 heavy (non-hydrogen) atoms. The number of aliphatic hydroxyl groups excluding tert-OH is 1. The van der Waals surface area contributed by atoms with E-state index in [2.05, 4.69) is 5.32 Å². The minimum Gasteiger partial charge on any atom is -0.389 e. The Hall–Kier alpha value is -3.09. The molecule has 0 unspecified atom stereocenters. The van der Waals surface area contributed by atoms with Crippen LogP contribution < -0.4 is 5.32 Å². The molecule has 0 saturated carbocycles. The fraction of sp³-hybridized carbons (Fsp3) is 0.167. The number of hydrogen-bond acceptors (Lipinski definition) is 2. The summed E-state index contributed by atoms with van der Waals surface area (Å²) in [5, 5.41) is 14.6. The van der Waals surface area contributed by atoms with Crippen LogP contribution >= 0.6 is 0 Å². The summed E-state index contributed by atoms with van der Waals surface area (Å²) >= 11 is 0. The van der Waals surface area contributed by atoms with Crippen molar-refractivity contribution in [2.45, 2.75) is 12.1 Å². The molecule has 3 nitrogen and oxygen atoms in total. The molecule has 0 aliphatic heterocycles. The Kier molecular flexibility index (Phi) is 5.61. The maximum Gasteiger partial charge on any atom is 0.134 e. The summed E-state index contributed by atoms with van der Waals surface area (Å²) in [6.45, 7) is 0.272. The second kappa shape index (κ2) is 8.34. The Bertz CT molecular complexity index is 1190. The van der Waals surface area contributed by atoms with Crippen LogP contribution in [-0.2, 0) is 0 Å². The first-order chi connectivity index (χ1) is 14.5. The van der Waals surface area contributed by atoms with Gasteiger partial charge in [-0.05, 0) is 42.9 Å². The predicted molar refractivity (Wildman–Crippen MR) is 112 cm³/mol. The van der Waals surface area contributed by atoms with Gasteiger partial charge in [0.05, 0.1) is 12.1 Å². The van der Waals surface area contributed by atoms with Gasteiger partial charge in [0.25, 0.3) is 0 Å². The summed E-state index contributed by atoms with van der Waals surface area (Å²) in [5.74, 6) is -1.73. The van der Waals surface area contributed by atoms with Gasteiger partial charge < -0.3 is 15.0 Å². The number of fused-ring (bicyclic) bond motifs is 1. The zero-order chi connectivity index (χ0) is 21.3. The molecular formula is C24H21F3N2O. The second-order valence-electron chi connectivity index (χ2n) is 7.22. The van der Waals surface area contributed by atoms with Gasteiger partial charge in [-0.1, -0.05) is 30.3 Å². The van der Waals surface area contributed by atoms with E-state index in [0.29, 0.717) is 11.1 Å². The third-order valence-electron chi connectivity index (χ3n) is 5.23. The maximum atomic E-state index is 14.6. The van der Waals surface area contributed by atoms with Crippen LogP contribution in [0, 0.1) is 17.5 Å². The topological polar surface area (TPSA) is 37.2 Å². The lowest BCUT2D eigenvalue weighted by atomic mass is 10.0. The van der Waals surface area contributed by atoms with E-state index < -0.39 is 29.6 Å². The van der Waals surface area contributed by atoms with Gasteiger partial charge in [0.2, 0.25) is 0 Å². The normalized spacial score (nSPS) is 13.5. The Morgan fingerprint density at radius 1 is 0.900 bits per heavy atom. The maximum absolute atomic E-state index is 14.6. The van der Waals surface area contributed by atoms with E-state index in [4.69, 9.17) is 0 Å². The van der Waals surface area contributed by atoms with Crippen LogP contribution in [-0.4, -0.2) is 29.4 Å². The predicted octanol–water partition coefficient (Wildman–Crippen LogP) is 4.90. The second-order valence-corrected chi connectivity index (χ2v) is 7.22. The van der Waals surface area contributed by atoms with E-state index in [1.807, 2.05) is 28.8 Å². The number of hydrogen-bond donors (Lipinski definition) is 2. The fourth-order valence-electron chi connectivity index (χ4n) is 3.94. The summed E-state index contributed by atoms with van der Waals surface area (Å²) in [4.78, 5) is 0. The van der Waals surface area contributed by atoms with E-state index in [9.17, 15) is 18.3 Å². The first kappa shape index (κ1) is 20.2. The SMILES string of the molecule is CNC[C@@H](O)[C@H](c1cccc(F)c1)n1cc(-c2ccc(F)cc2F)c2ccccc21. The lowest BCUT2D eigenvalue weighted by Gasteiger charge is -2.26. The van der Waals surface area contributed by atoms with Crippen molar-refractivity contribution in [3.8, 4) is 11.1 Å². The average Bonchev–Trinajstić information content (AvgIpc) is 3.08. The van der Waals surface area contributed by atoms with Crippen LogP contribution in [0.3, 0.4) is 0 Å². The van der Waals surface area contributed by atoms with Crippen LogP contribution in [0.2, 0.25) is 0 Å². The van der Waals surface area contributed by atoms with E-state index in [0.717, 1.165) is 17.0 Å². The molecule has 154 valence electrons. The summed E-state index contributed by atoms with van der Waals surface area (Å²) in [6, 6.07) is 16.3. The average molecular weight is 410 g/mol. The van der Waals surface area contributed by atoms with Gasteiger partial charge in [0.1, 0.15) is 17.5 Å². The van der Waals surface area contributed by atoms with Gasteiger partial charge in [0.15, 0.2) is 0 Å². The monoisotopic (exact) mass is 410 g/mol. The smallest absolute Gasteiger partial charge is 0.134 e. The Labute approximate surface area is 172 Å². The molecule has 0 saturated heterocycles. The summed E-state index contributed by atoms with van der Waals surface area (Å²) in [7, 11) is 1.72. The zero-order valence-electron chi connectivity index (χ0n) is 16.3. The number of para-hydroxylation sites is 1. The third kappa shape index (κ3) is 3.72. The van der Waals surface area contributed by atoms with Crippen molar-refractivity contribution in [1.82, 2.24) is 9.88 Å². The van der Waals surface area contributed by atoms with Gasteiger partial charge >= 0.3 is 0 Å². The van der Waals surface area contributed by atoms with Crippen LogP contribution in [0.15, 0.2) is 72.9 Å². The van der Waals surface area contributed by atoms with Crippen molar-refractivity contribution in [2.24, 2.45) is 0 Å². The highest BCUT2D eigenvalue weighted by Crippen LogP contribution is 2.36. The van der Waals surface area contributed by atoms with Gasteiger partial charge in [-0.15, -0.1) is 0 Å². The molecule has 4 aromatic rings. The Morgan fingerprint density at radius 3 is 2.40 bits per heavy atom. The van der Waals surface area contributed by atoms with Crippen molar-refractivity contribution in [3.63, 3.8) is 0 Å². The van der Waals surface area contributed by atoms with Crippen molar-refractivity contribution >= 4 is 10.9 Å². The molecule has 0 fully saturated rings. The number of benzene rings is 3. The van der Waals surface area contributed by atoms with E-state index in [1.54, 1.807) is 25.4 Å². The Morgan fingerprint density at radius 2 is 1.67 bits per heavy atom. The largest absolute Gasteiger partial charge is 0.389 e. The van der Waals surface area contributed by atoms with Crippen LogP contribution in [0.1, 0.15) is 11.6 Å². The molecule has 0 spiro atoms. The van der Waals surface area contributed by atoms with Crippen LogP contribution in [0.5, 0.6) is 0 Å². The molecular weight excluding hydrogens is 389 g/mol. The van der Waals surface area contributed by atoms with Crippen molar-refractivity contribution in [3.05, 3.63) is 95.9 Å². The molecule has 6 heteroatoms. The molecule has 2 N–H and O–H groups in total. The number of halogens is 3. The van der Waals surface area contributed by atoms with Crippen molar-refractivity contribution < 1.29 is 18.3 Å². The Balaban J connectivity index is 1.96. The van der Waals surface area contributed by atoms with Crippen molar-refractivity contribution in [2.75, 3.05) is 13.6 Å². The van der Waals surface area contributed by atoms with E-state index in [-0.39, 0.29) is 12.1 Å². The van der Waals surface area contributed by atoms with Gasteiger partial charge in [0, 0.05) is 40.8 Å². The highest BCUT2D eigenvalue weighted by Gasteiger charge is 2.26. The highest BCUT2D eigenvalue weighted by atomic mass is 19.1. The minimum atomic E-state index is -0.876. The molecule has 4 rings (SSSR count). The molecule has 2 atom stereocenters. The van der Waals surface area contributed by atoms with E-state index in [1.165, 1.54) is 24.3 Å². The lowest BCUT2D eigenvalue weighted by molar-refractivity contribution is 0.132. The molecule has 0 amide bonds. The van der Waals surface area contributed by atoms with Crippen LogP contribution in [0.25, 0.3) is 22.0 Å². The molecule has 0 bridgehead atoms. The number of aromatic nitrogens is 1. The number of nitrogens with one attached hydrogen (secondary N) is 1. The minimum absolute atomic E-state index is 0.257. The summed E-state index contributed by atoms with van der Waals surface area (Å²) in [6.07, 6.45) is 0.855. The number of nitrogens with zero attached hydrogens (tertiary/aromatic N) is 1. The van der Waals surface area contributed by atoms with Gasteiger partial charge in [-0.3, -0.25) is 0 Å². The molecule has 0 aliphatic rings. The lowest BCUT2D eigenvalue weighted by Crippen LogP contribution is -2.33. The van der Waals surface area contributed by atoms with Gasteiger partial charge in [-0.2, -0.15) is 0 Å². The standard InChI is InChI=1S/C24H21F3N2O/c1-28-13-23(30)24(15-5-4-6-16(25)11-15)29-14-20(19-7-2-3-8-22(19)29)18-10-9-17(26)12-21(18)27/h2-12,14,23-24,28,30H,13H2,1H3/t23-,24+/m1/s1. The molecule has 3 aromatic carbocycles. The molecule has 1 heterocycles. The first-order valence-corrected chi connectivity index (χ1v) is 9.62. The highest BCUT2D eigenvalue weighted by molar-refractivity contribution is 5.96. The first-order valence-electron chi connectivity index (χ1n) is 9.62. The van der Waals surface area contributed by atoms with Crippen molar-refractivity contribution in [1.29, 1.82) is 0 Å². The van der Waals surface area contributed by atoms with E-state index >= 15 is 0 Å². The quantitative estimate of drug-likeness (QED) is 0.475. The third-order valence-corrected chi connectivity index (χ3v) is 5.23.